The second-order valence-corrected chi connectivity index (χ2v) is 6.84. The number of aryl methyl sites for hydroxylation is 1. The molecule has 3 rings (SSSR count). The number of nitrogens with zero attached hydrogens (tertiary/aromatic N) is 1. The number of amides is 2. The van der Waals surface area contributed by atoms with E-state index in [1.54, 1.807) is 11.8 Å². The van der Waals surface area contributed by atoms with Crippen LogP contribution in [0.1, 0.15) is 30.9 Å². The Bertz CT molecular complexity index is 791. The van der Waals surface area contributed by atoms with Crippen molar-refractivity contribution in [1.29, 1.82) is 0 Å². The molecular formula is C21H24N2O3. The van der Waals surface area contributed by atoms with Crippen molar-refractivity contribution < 1.29 is 14.3 Å². The molecule has 0 radical (unpaired) electrons. The molecule has 5 nitrogen and oxygen atoms in total. The highest BCUT2D eigenvalue weighted by atomic mass is 16.6. The van der Waals surface area contributed by atoms with Gasteiger partial charge in [-0.3, -0.25) is 9.69 Å². The van der Waals surface area contributed by atoms with E-state index in [-0.39, 0.29) is 12.5 Å². The number of likely N-dealkylation sites (tertiary alicyclic amines) is 1. The molecular weight excluding hydrogens is 328 g/mol. The smallest absolute Gasteiger partial charge is 0.410 e. The number of ether oxygens (including phenoxy) is 1. The Labute approximate surface area is 154 Å². The summed E-state index contributed by atoms with van der Waals surface area (Å²) in [5.41, 5.74) is 1.77. The Morgan fingerprint density at radius 1 is 1.12 bits per heavy atom. The van der Waals surface area contributed by atoms with Gasteiger partial charge in [0.05, 0.1) is 0 Å². The maximum atomic E-state index is 12.9. The highest BCUT2D eigenvalue weighted by molar-refractivity contribution is 6.00. The van der Waals surface area contributed by atoms with Gasteiger partial charge >= 0.3 is 6.09 Å². The molecule has 5 heteroatoms. The summed E-state index contributed by atoms with van der Waals surface area (Å²) < 4.78 is 5.44. The highest BCUT2D eigenvalue weighted by Gasteiger charge is 2.46. The van der Waals surface area contributed by atoms with Crippen molar-refractivity contribution in [2.75, 3.05) is 11.9 Å². The summed E-state index contributed by atoms with van der Waals surface area (Å²) in [4.78, 5) is 27.0. The number of carbonyl (C=O) groups excluding carboxylic acids is 2. The molecule has 1 unspecified atom stereocenters. The van der Waals surface area contributed by atoms with Crippen molar-refractivity contribution in [2.24, 2.45) is 0 Å². The van der Waals surface area contributed by atoms with Crippen LogP contribution in [0.15, 0.2) is 54.6 Å². The molecule has 2 aromatic rings. The van der Waals surface area contributed by atoms with Crippen molar-refractivity contribution in [3.8, 4) is 0 Å². The molecule has 1 fully saturated rings. The van der Waals surface area contributed by atoms with Gasteiger partial charge in [-0.05, 0) is 43.9 Å². The van der Waals surface area contributed by atoms with Crippen molar-refractivity contribution in [3.63, 3.8) is 0 Å². The van der Waals surface area contributed by atoms with Crippen molar-refractivity contribution in [2.45, 2.75) is 38.8 Å². The van der Waals surface area contributed by atoms with Crippen LogP contribution in [0.4, 0.5) is 10.5 Å². The Kier molecular flexibility index (Phi) is 5.26. The third-order valence-corrected chi connectivity index (χ3v) is 4.95. The lowest BCUT2D eigenvalue weighted by Gasteiger charge is -2.33. The number of benzene rings is 2. The summed E-state index contributed by atoms with van der Waals surface area (Å²) in [5, 5.41) is 2.96. The highest BCUT2D eigenvalue weighted by Crippen LogP contribution is 2.31. The average Bonchev–Trinajstić information content (AvgIpc) is 3.05. The molecule has 2 aromatic carbocycles. The Balaban J connectivity index is 1.68. The lowest BCUT2D eigenvalue weighted by molar-refractivity contribution is -0.125. The molecule has 1 aliphatic rings. The van der Waals surface area contributed by atoms with Gasteiger partial charge in [0.25, 0.3) is 0 Å². The molecule has 0 spiro atoms. The number of rotatable bonds is 4. The molecule has 1 atom stereocenters. The van der Waals surface area contributed by atoms with Crippen LogP contribution >= 0.6 is 0 Å². The third kappa shape index (κ3) is 3.72. The zero-order valence-electron chi connectivity index (χ0n) is 15.2. The SMILES string of the molecule is Cc1ccccc1NC(=O)C1(C)CCCN1C(=O)OCc1ccccc1. The Morgan fingerprint density at radius 2 is 1.81 bits per heavy atom. The number of para-hydroxylation sites is 1. The number of carbonyl (C=O) groups is 2. The van der Waals surface area contributed by atoms with Crippen LogP contribution in [-0.2, 0) is 16.1 Å². The van der Waals surface area contributed by atoms with E-state index in [1.807, 2.05) is 61.5 Å². The topological polar surface area (TPSA) is 58.6 Å². The van der Waals surface area contributed by atoms with Gasteiger partial charge in [0, 0.05) is 12.2 Å². The van der Waals surface area contributed by atoms with E-state index in [0.29, 0.717) is 13.0 Å². The standard InChI is InChI=1S/C21H24N2O3/c1-16-9-6-7-12-18(16)22-19(24)21(2)13-8-14-23(21)20(25)26-15-17-10-4-3-5-11-17/h3-7,9-12H,8,13-15H2,1-2H3,(H,22,24). The van der Waals surface area contributed by atoms with E-state index in [9.17, 15) is 9.59 Å². The summed E-state index contributed by atoms with van der Waals surface area (Å²) in [5.74, 6) is -0.180. The Morgan fingerprint density at radius 3 is 2.54 bits per heavy atom. The van der Waals surface area contributed by atoms with E-state index in [0.717, 1.165) is 23.2 Å². The first-order chi connectivity index (χ1) is 12.5. The zero-order valence-corrected chi connectivity index (χ0v) is 15.2. The minimum atomic E-state index is -0.907. The van der Waals surface area contributed by atoms with Gasteiger partial charge in [-0.25, -0.2) is 4.79 Å². The van der Waals surface area contributed by atoms with E-state index < -0.39 is 11.6 Å². The molecule has 0 bridgehead atoms. The molecule has 1 N–H and O–H groups in total. The fourth-order valence-electron chi connectivity index (χ4n) is 3.26. The monoisotopic (exact) mass is 352 g/mol. The van der Waals surface area contributed by atoms with E-state index >= 15 is 0 Å². The van der Waals surface area contributed by atoms with Crippen LogP contribution in [0.5, 0.6) is 0 Å². The van der Waals surface area contributed by atoms with Gasteiger partial charge in [0.2, 0.25) is 5.91 Å². The lowest BCUT2D eigenvalue weighted by Crippen LogP contribution is -2.53. The van der Waals surface area contributed by atoms with Crippen LogP contribution in [0.2, 0.25) is 0 Å². The number of hydrogen-bond donors (Lipinski definition) is 1. The van der Waals surface area contributed by atoms with Crippen LogP contribution < -0.4 is 5.32 Å². The quantitative estimate of drug-likeness (QED) is 0.900. The Hall–Kier alpha value is -2.82. The normalized spacial score (nSPS) is 19.2. The van der Waals surface area contributed by atoms with Gasteiger partial charge in [0.1, 0.15) is 12.1 Å². The zero-order chi connectivity index (χ0) is 18.6. The van der Waals surface area contributed by atoms with Crippen molar-refractivity contribution in [1.82, 2.24) is 4.90 Å². The summed E-state index contributed by atoms with van der Waals surface area (Å²) in [6.45, 7) is 4.47. The molecule has 0 saturated carbocycles. The largest absolute Gasteiger partial charge is 0.445 e. The molecule has 136 valence electrons. The molecule has 1 saturated heterocycles. The molecule has 2 amide bonds. The summed E-state index contributed by atoms with van der Waals surface area (Å²) in [6, 6.07) is 17.1. The van der Waals surface area contributed by atoms with Crippen LogP contribution in [0.3, 0.4) is 0 Å². The van der Waals surface area contributed by atoms with Crippen molar-refractivity contribution in [3.05, 3.63) is 65.7 Å². The first-order valence-corrected chi connectivity index (χ1v) is 8.86. The van der Waals surface area contributed by atoms with Gasteiger partial charge in [-0.15, -0.1) is 0 Å². The first kappa shape index (κ1) is 18.0. The van der Waals surface area contributed by atoms with E-state index in [4.69, 9.17) is 4.74 Å². The maximum absolute atomic E-state index is 12.9. The average molecular weight is 352 g/mol. The summed E-state index contributed by atoms with van der Waals surface area (Å²) >= 11 is 0. The number of anilines is 1. The van der Waals surface area contributed by atoms with Crippen LogP contribution in [-0.4, -0.2) is 29.0 Å². The summed E-state index contributed by atoms with van der Waals surface area (Å²) in [6.07, 6.45) is 0.942. The lowest BCUT2D eigenvalue weighted by atomic mass is 9.97. The van der Waals surface area contributed by atoms with Gasteiger partial charge < -0.3 is 10.1 Å². The summed E-state index contributed by atoms with van der Waals surface area (Å²) in [7, 11) is 0. The number of hydrogen-bond acceptors (Lipinski definition) is 3. The fraction of sp³-hybridized carbons (Fsp3) is 0.333. The molecule has 0 aromatic heterocycles. The van der Waals surface area contributed by atoms with Crippen molar-refractivity contribution >= 4 is 17.7 Å². The first-order valence-electron chi connectivity index (χ1n) is 8.86. The molecule has 1 heterocycles. The van der Waals surface area contributed by atoms with Gasteiger partial charge in [-0.2, -0.15) is 0 Å². The van der Waals surface area contributed by atoms with E-state index in [2.05, 4.69) is 5.32 Å². The predicted octanol–water partition coefficient (Wildman–Crippen LogP) is 4.12. The van der Waals surface area contributed by atoms with Crippen LogP contribution in [0.25, 0.3) is 0 Å². The van der Waals surface area contributed by atoms with E-state index in [1.165, 1.54) is 0 Å². The fourth-order valence-corrected chi connectivity index (χ4v) is 3.26. The maximum Gasteiger partial charge on any atom is 0.410 e. The van der Waals surface area contributed by atoms with Crippen LogP contribution in [0, 0.1) is 6.92 Å². The van der Waals surface area contributed by atoms with Gasteiger partial charge in [0.15, 0.2) is 0 Å². The third-order valence-electron chi connectivity index (χ3n) is 4.95. The van der Waals surface area contributed by atoms with Gasteiger partial charge in [-0.1, -0.05) is 48.5 Å². The number of nitrogens with one attached hydrogen (secondary N) is 1. The minimum absolute atomic E-state index is 0.180. The second-order valence-electron chi connectivity index (χ2n) is 6.84. The second kappa shape index (κ2) is 7.60. The molecule has 0 aliphatic carbocycles. The minimum Gasteiger partial charge on any atom is -0.445 e. The predicted molar refractivity (Wildman–Crippen MR) is 101 cm³/mol. The molecule has 26 heavy (non-hydrogen) atoms. The molecule has 1 aliphatic heterocycles.